The molecule has 1 amide bonds. The molecule has 6 nitrogen and oxygen atoms in total. The van der Waals surface area contributed by atoms with E-state index in [2.05, 4.69) is 5.32 Å². The zero-order valence-electron chi connectivity index (χ0n) is 17.2. The standard InChI is InChI=1S/C22H26ClNO5/c1-22(29-5,16-7-6-8-17(23)13-16)14-24-20(25)10-9-15-11-18(26-2)21(28-4)19(12-15)27-3/h6-13H,14H2,1-5H3,(H,24,25)/b10-9+/t22-/m0/s1. The Morgan fingerprint density at radius 3 is 2.24 bits per heavy atom. The van der Waals surface area contributed by atoms with E-state index in [-0.39, 0.29) is 12.5 Å². The number of ether oxygens (including phenoxy) is 4. The summed E-state index contributed by atoms with van der Waals surface area (Å²) >= 11 is 6.08. The molecule has 7 heteroatoms. The number of methoxy groups -OCH3 is 4. The van der Waals surface area contributed by atoms with Crippen molar-refractivity contribution in [1.29, 1.82) is 0 Å². The average molecular weight is 420 g/mol. The normalized spacial score (nSPS) is 13.0. The number of carbonyl (C=O) groups is 1. The van der Waals surface area contributed by atoms with Crippen LogP contribution in [0.25, 0.3) is 6.08 Å². The average Bonchev–Trinajstić information content (AvgIpc) is 2.75. The van der Waals surface area contributed by atoms with Gasteiger partial charge in [0, 0.05) is 18.2 Å². The Balaban J connectivity index is 2.11. The van der Waals surface area contributed by atoms with Crippen LogP contribution in [-0.4, -0.2) is 40.9 Å². The summed E-state index contributed by atoms with van der Waals surface area (Å²) in [6, 6.07) is 10.9. The van der Waals surface area contributed by atoms with Gasteiger partial charge in [-0.05, 0) is 48.4 Å². The van der Waals surface area contributed by atoms with Crippen molar-refractivity contribution in [3.8, 4) is 17.2 Å². The van der Waals surface area contributed by atoms with Crippen LogP contribution in [0, 0.1) is 0 Å². The van der Waals surface area contributed by atoms with Crippen molar-refractivity contribution in [2.24, 2.45) is 0 Å². The lowest BCUT2D eigenvalue weighted by Gasteiger charge is -2.29. The van der Waals surface area contributed by atoms with E-state index in [1.54, 1.807) is 45.6 Å². The van der Waals surface area contributed by atoms with Crippen molar-refractivity contribution >= 4 is 23.6 Å². The van der Waals surface area contributed by atoms with Gasteiger partial charge < -0.3 is 24.3 Å². The molecule has 2 aromatic rings. The van der Waals surface area contributed by atoms with E-state index in [0.717, 1.165) is 11.1 Å². The number of carbonyl (C=O) groups excluding carboxylic acids is 1. The zero-order chi connectivity index (χ0) is 21.4. The molecule has 1 atom stereocenters. The maximum atomic E-state index is 12.3. The Bertz CT molecular complexity index is 858. The summed E-state index contributed by atoms with van der Waals surface area (Å²) < 4.78 is 21.6. The van der Waals surface area contributed by atoms with E-state index in [1.165, 1.54) is 13.2 Å². The number of rotatable bonds is 9. The molecule has 156 valence electrons. The van der Waals surface area contributed by atoms with Crippen LogP contribution >= 0.6 is 11.6 Å². The van der Waals surface area contributed by atoms with Crippen molar-refractivity contribution in [3.05, 3.63) is 58.6 Å². The van der Waals surface area contributed by atoms with E-state index >= 15 is 0 Å². The monoisotopic (exact) mass is 419 g/mol. The number of hydrogen-bond acceptors (Lipinski definition) is 5. The first-order chi connectivity index (χ1) is 13.9. The number of nitrogens with one attached hydrogen (secondary N) is 1. The minimum Gasteiger partial charge on any atom is -0.493 e. The lowest BCUT2D eigenvalue weighted by atomic mass is 9.95. The van der Waals surface area contributed by atoms with Crippen LogP contribution in [-0.2, 0) is 15.1 Å². The van der Waals surface area contributed by atoms with Gasteiger partial charge in [-0.25, -0.2) is 0 Å². The number of halogens is 1. The largest absolute Gasteiger partial charge is 0.493 e. The summed E-state index contributed by atoms with van der Waals surface area (Å²) in [5, 5.41) is 3.47. The first-order valence-corrected chi connectivity index (χ1v) is 9.31. The highest BCUT2D eigenvalue weighted by Crippen LogP contribution is 2.38. The smallest absolute Gasteiger partial charge is 0.244 e. The van der Waals surface area contributed by atoms with Gasteiger partial charge in [0.1, 0.15) is 5.60 Å². The summed E-state index contributed by atoms with van der Waals surface area (Å²) in [7, 11) is 6.21. The fourth-order valence-corrected chi connectivity index (χ4v) is 2.98. The van der Waals surface area contributed by atoms with Gasteiger partial charge in [-0.1, -0.05) is 23.7 Å². The molecule has 0 heterocycles. The summed E-state index contributed by atoms with van der Waals surface area (Å²) in [6.45, 7) is 2.17. The quantitative estimate of drug-likeness (QED) is 0.621. The second kappa shape index (κ2) is 10.2. The molecule has 0 spiro atoms. The molecule has 0 saturated carbocycles. The van der Waals surface area contributed by atoms with Crippen molar-refractivity contribution < 1.29 is 23.7 Å². The molecule has 0 saturated heterocycles. The van der Waals surface area contributed by atoms with Gasteiger partial charge in [0.05, 0.1) is 27.9 Å². The predicted molar refractivity (Wildman–Crippen MR) is 114 cm³/mol. The Morgan fingerprint density at radius 1 is 1.07 bits per heavy atom. The second-order valence-corrected chi connectivity index (χ2v) is 6.89. The third-order valence-electron chi connectivity index (χ3n) is 4.60. The molecule has 2 rings (SSSR count). The van der Waals surface area contributed by atoms with E-state index in [9.17, 15) is 4.79 Å². The molecule has 1 N–H and O–H groups in total. The fourth-order valence-electron chi connectivity index (χ4n) is 2.79. The maximum absolute atomic E-state index is 12.3. The summed E-state index contributed by atoms with van der Waals surface area (Å²) in [6.07, 6.45) is 3.11. The Labute approximate surface area is 176 Å². The molecule has 0 unspecified atom stereocenters. The van der Waals surface area contributed by atoms with Crippen LogP contribution in [0.1, 0.15) is 18.1 Å². The minimum atomic E-state index is -0.707. The highest BCUT2D eigenvalue weighted by atomic mass is 35.5. The number of benzene rings is 2. The van der Waals surface area contributed by atoms with E-state index < -0.39 is 5.60 Å². The topological polar surface area (TPSA) is 66.0 Å². The molecule has 0 bridgehead atoms. The number of amides is 1. The van der Waals surface area contributed by atoms with Crippen molar-refractivity contribution in [2.45, 2.75) is 12.5 Å². The van der Waals surface area contributed by atoms with E-state index in [0.29, 0.717) is 22.3 Å². The van der Waals surface area contributed by atoms with Crippen molar-refractivity contribution in [1.82, 2.24) is 5.32 Å². The SMILES string of the molecule is COc1cc(/C=C/C(=O)NC[C@](C)(OC)c2cccc(Cl)c2)cc(OC)c1OC. The van der Waals surface area contributed by atoms with Crippen LogP contribution in [0.4, 0.5) is 0 Å². The van der Waals surface area contributed by atoms with Crippen LogP contribution in [0.2, 0.25) is 5.02 Å². The predicted octanol–water partition coefficient (Wildman–Crippen LogP) is 4.06. The zero-order valence-corrected chi connectivity index (χ0v) is 18.0. The van der Waals surface area contributed by atoms with E-state index in [1.807, 2.05) is 25.1 Å². The molecule has 0 radical (unpaired) electrons. The number of hydrogen-bond donors (Lipinski definition) is 1. The summed E-state index contributed by atoms with van der Waals surface area (Å²) in [4.78, 5) is 12.3. The van der Waals surface area contributed by atoms with Gasteiger partial charge in [-0.3, -0.25) is 4.79 Å². The molecular formula is C22H26ClNO5. The third-order valence-corrected chi connectivity index (χ3v) is 4.84. The molecule has 0 aromatic heterocycles. The fraction of sp³-hybridized carbons (Fsp3) is 0.318. The Morgan fingerprint density at radius 2 is 1.72 bits per heavy atom. The summed E-state index contributed by atoms with van der Waals surface area (Å²) in [5.41, 5.74) is 0.904. The van der Waals surface area contributed by atoms with E-state index in [4.69, 9.17) is 30.5 Å². The van der Waals surface area contributed by atoms with Gasteiger partial charge in [0.15, 0.2) is 11.5 Å². The molecule has 0 aliphatic carbocycles. The molecule has 29 heavy (non-hydrogen) atoms. The second-order valence-electron chi connectivity index (χ2n) is 6.46. The molecule has 2 aromatic carbocycles. The van der Waals surface area contributed by atoms with Crippen LogP contribution in [0.15, 0.2) is 42.5 Å². The molecular weight excluding hydrogens is 394 g/mol. The molecule has 0 aliphatic rings. The third kappa shape index (κ3) is 5.65. The summed E-state index contributed by atoms with van der Waals surface area (Å²) in [5.74, 6) is 1.26. The van der Waals surface area contributed by atoms with Gasteiger partial charge in [-0.2, -0.15) is 0 Å². The lowest BCUT2D eigenvalue weighted by molar-refractivity contribution is -0.118. The lowest BCUT2D eigenvalue weighted by Crippen LogP contribution is -2.39. The van der Waals surface area contributed by atoms with Crippen molar-refractivity contribution in [3.63, 3.8) is 0 Å². The maximum Gasteiger partial charge on any atom is 0.244 e. The molecule has 0 fully saturated rings. The Hall–Kier alpha value is -2.70. The first-order valence-electron chi connectivity index (χ1n) is 8.94. The Kier molecular flexibility index (Phi) is 7.93. The van der Waals surface area contributed by atoms with Crippen molar-refractivity contribution in [2.75, 3.05) is 35.0 Å². The first kappa shape index (κ1) is 22.6. The highest BCUT2D eigenvalue weighted by Gasteiger charge is 2.26. The van der Waals surface area contributed by atoms with Gasteiger partial charge in [-0.15, -0.1) is 0 Å². The van der Waals surface area contributed by atoms with Crippen LogP contribution in [0.5, 0.6) is 17.2 Å². The highest BCUT2D eigenvalue weighted by molar-refractivity contribution is 6.30. The van der Waals surface area contributed by atoms with Gasteiger partial charge in [0.2, 0.25) is 11.7 Å². The van der Waals surface area contributed by atoms with Crippen LogP contribution in [0.3, 0.4) is 0 Å². The van der Waals surface area contributed by atoms with Gasteiger partial charge >= 0.3 is 0 Å². The minimum absolute atomic E-state index is 0.260. The van der Waals surface area contributed by atoms with Crippen LogP contribution < -0.4 is 19.5 Å². The van der Waals surface area contributed by atoms with Gasteiger partial charge in [0.25, 0.3) is 0 Å². The molecule has 0 aliphatic heterocycles.